The Morgan fingerprint density at radius 2 is 1.51 bits per heavy atom. The molecule has 15 heteroatoms. The molecule has 0 bridgehead atoms. The fourth-order valence-corrected chi connectivity index (χ4v) is 9.96. The van der Waals surface area contributed by atoms with Crippen molar-refractivity contribution in [3.8, 4) is 0 Å². The Kier molecular flexibility index (Phi) is 22.6. The van der Waals surface area contributed by atoms with Gasteiger partial charge in [0.2, 0.25) is 29.5 Å². The first-order valence-corrected chi connectivity index (χ1v) is 25.5. The summed E-state index contributed by atoms with van der Waals surface area (Å²) in [5.41, 5.74) is 0.920. The van der Waals surface area contributed by atoms with Crippen LogP contribution in [-0.2, 0) is 44.3 Å². The van der Waals surface area contributed by atoms with E-state index in [-0.39, 0.29) is 53.7 Å². The number of benzene rings is 1. The van der Waals surface area contributed by atoms with Crippen LogP contribution in [-0.4, -0.2) is 151 Å². The summed E-state index contributed by atoms with van der Waals surface area (Å²) >= 11 is 0. The molecule has 1 saturated heterocycles. The molecule has 0 aliphatic carbocycles. The zero-order valence-corrected chi connectivity index (χ0v) is 41.2. The quantitative estimate of drug-likeness (QED) is 0.0886. The van der Waals surface area contributed by atoms with Crippen LogP contribution in [0.1, 0.15) is 86.1 Å². The standard InChI is InChI=1S/C46H82N6O8Si/c1-16-32(6)41(51(10)46(57)39(30(2)3)49-45(56)40(31(4)5)50(8)9)37(58-11)29-38(53)52-26-20-24-36(52)42(59-12)33(7)43(54)48-35(28-34-22-18-17-19-23-34)44(55)47-25-21-27-61(14,15)60-13/h17-19,22-23,30-33,35-37,39-42H,16,20-21,24-29H2,1-15H3,(H,47,55)(H,48,54)(H,49,56)/t32-,33+,35-,36-,37+,39-,40-,41-,42+/m0/s1. The van der Waals surface area contributed by atoms with Crippen molar-refractivity contribution in [1.29, 1.82) is 0 Å². The number of ether oxygens (including phenoxy) is 2. The lowest BCUT2D eigenvalue weighted by Gasteiger charge is -2.41. The van der Waals surface area contributed by atoms with E-state index in [1.165, 1.54) is 0 Å². The largest absolute Gasteiger partial charge is 0.420 e. The van der Waals surface area contributed by atoms with E-state index in [4.69, 9.17) is 13.9 Å². The van der Waals surface area contributed by atoms with E-state index in [2.05, 4.69) is 29.0 Å². The van der Waals surface area contributed by atoms with Crippen LogP contribution in [0.2, 0.25) is 19.1 Å². The van der Waals surface area contributed by atoms with Gasteiger partial charge in [0.15, 0.2) is 8.32 Å². The number of likely N-dealkylation sites (N-methyl/N-ethyl adjacent to an activating group) is 2. The Bertz CT molecular complexity index is 1520. The van der Waals surface area contributed by atoms with Crippen LogP contribution in [0.3, 0.4) is 0 Å². The van der Waals surface area contributed by atoms with E-state index in [0.29, 0.717) is 25.9 Å². The molecule has 348 valence electrons. The van der Waals surface area contributed by atoms with Gasteiger partial charge >= 0.3 is 0 Å². The average Bonchev–Trinajstić information content (AvgIpc) is 3.70. The number of nitrogens with zero attached hydrogens (tertiary/aromatic N) is 3. The van der Waals surface area contributed by atoms with Crippen molar-refractivity contribution in [2.24, 2.45) is 23.7 Å². The molecule has 1 fully saturated rings. The fraction of sp³-hybridized carbons (Fsp3) is 0.761. The fourth-order valence-electron chi connectivity index (χ4n) is 8.72. The highest BCUT2D eigenvalue weighted by Crippen LogP contribution is 2.30. The third-order valence-corrected chi connectivity index (χ3v) is 15.3. The number of methoxy groups -OCH3 is 2. The highest BCUT2D eigenvalue weighted by molar-refractivity contribution is 6.71. The first-order chi connectivity index (χ1) is 28.7. The van der Waals surface area contributed by atoms with Gasteiger partial charge in [-0.05, 0) is 75.8 Å². The van der Waals surface area contributed by atoms with Crippen molar-refractivity contribution in [3.63, 3.8) is 0 Å². The van der Waals surface area contributed by atoms with E-state index < -0.39 is 56.7 Å². The Balaban J connectivity index is 2.29. The molecule has 61 heavy (non-hydrogen) atoms. The van der Waals surface area contributed by atoms with Crippen LogP contribution >= 0.6 is 0 Å². The molecule has 0 unspecified atom stereocenters. The van der Waals surface area contributed by atoms with Crippen molar-refractivity contribution in [2.45, 2.75) is 149 Å². The SMILES string of the molecule is CC[C@H](C)[C@@H]([C@@H](CC(=O)N1CCC[C@H]1[C@H](OC)[C@@H](C)C(=O)N[C@@H](Cc1ccccc1)C(=O)NCCC[Si](C)(C)OC)OC)N(C)C(=O)[C@@H](NC(=O)[C@H](C(C)C)N(C)C)C(C)C. The van der Waals surface area contributed by atoms with Gasteiger partial charge in [0, 0.05) is 47.9 Å². The zero-order chi connectivity index (χ0) is 46.2. The Hall–Kier alpha value is -3.37. The van der Waals surface area contributed by atoms with Gasteiger partial charge in [0.05, 0.1) is 42.7 Å². The monoisotopic (exact) mass is 875 g/mol. The molecule has 1 aromatic carbocycles. The molecule has 0 aromatic heterocycles. The second-order valence-corrected chi connectivity index (χ2v) is 23.0. The molecular weight excluding hydrogens is 793 g/mol. The maximum Gasteiger partial charge on any atom is 0.245 e. The van der Waals surface area contributed by atoms with Gasteiger partial charge < -0.3 is 39.6 Å². The van der Waals surface area contributed by atoms with Crippen molar-refractivity contribution in [2.75, 3.05) is 55.6 Å². The number of hydrogen-bond donors (Lipinski definition) is 3. The van der Waals surface area contributed by atoms with Gasteiger partial charge in [-0.3, -0.25) is 28.9 Å². The van der Waals surface area contributed by atoms with E-state index in [9.17, 15) is 24.0 Å². The minimum Gasteiger partial charge on any atom is -0.420 e. The van der Waals surface area contributed by atoms with Crippen molar-refractivity contribution in [1.82, 2.24) is 30.7 Å². The number of hydrogen-bond acceptors (Lipinski definition) is 9. The third-order valence-electron chi connectivity index (χ3n) is 12.7. The zero-order valence-electron chi connectivity index (χ0n) is 40.2. The molecular formula is C46H82N6O8Si. The average molecular weight is 875 g/mol. The first-order valence-electron chi connectivity index (χ1n) is 22.4. The lowest BCUT2D eigenvalue weighted by atomic mass is 9.89. The normalized spacial score (nSPS) is 18.5. The second kappa shape index (κ2) is 25.7. The summed E-state index contributed by atoms with van der Waals surface area (Å²) in [5.74, 6) is -2.06. The third kappa shape index (κ3) is 15.7. The van der Waals surface area contributed by atoms with Gasteiger partial charge in [-0.1, -0.05) is 85.2 Å². The number of carbonyl (C=O) groups is 5. The van der Waals surface area contributed by atoms with Crippen molar-refractivity contribution < 1.29 is 37.9 Å². The van der Waals surface area contributed by atoms with E-state index in [1.54, 1.807) is 45.1 Å². The summed E-state index contributed by atoms with van der Waals surface area (Å²) in [6.07, 6.45) is 1.92. The molecule has 0 spiro atoms. The molecule has 14 nitrogen and oxygen atoms in total. The summed E-state index contributed by atoms with van der Waals surface area (Å²) in [7, 11) is 8.52. The van der Waals surface area contributed by atoms with E-state index in [1.807, 2.05) is 90.9 Å². The summed E-state index contributed by atoms with van der Waals surface area (Å²) in [6, 6.07) is 7.65. The molecule has 1 heterocycles. The number of amides is 5. The predicted octanol–water partition coefficient (Wildman–Crippen LogP) is 4.72. The van der Waals surface area contributed by atoms with Gasteiger partial charge in [0.1, 0.15) is 12.1 Å². The molecule has 9 atom stereocenters. The number of nitrogens with one attached hydrogen (secondary N) is 3. The highest BCUT2D eigenvalue weighted by Gasteiger charge is 2.43. The maximum atomic E-state index is 14.4. The van der Waals surface area contributed by atoms with E-state index in [0.717, 1.165) is 30.9 Å². The molecule has 0 radical (unpaired) electrons. The van der Waals surface area contributed by atoms with Crippen LogP contribution < -0.4 is 16.0 Å². The molecule has 3 N–H and O–H groups in total. The maximum absolute atomic E-state index is 14.4. The van der Waals surface area contributed by atoms with Crippen molar-refractivity contribution in [3.05, 3.63) is 35.9 Å². The molecule has 1 aliphatic rings. The number of carbonyl (C=O) groups excluding carboxylic acids is 5. The lowest BCUT2D eigenvalue weighted by molar-refractivity contribution is -0.148. The summed E-state index contributed by atoms with van der Waals surface area (Å²) in [4.78, 5) is 75.2. The molecule has 2 rings (SSSR count). The van der Waals surface area contributed by atoms with Crippen LogP contribution in [0.25, 0.3) is 0 Å². The summed E-state index contributed by atoms with van der Waals surface area (Å²) in [6.45, 7) is 18.9. The number of likely N-dealkylation sites (tertiary alicyclic amines) is 1. The van der Waals surface area contributed by atoms with Gasteiger partial charge in [-0.15, -0.1) is 0 Å². The lowest BCUT2D eigenvalue weighted by Crippen LogP contribution is -2.59. The minimum atomic E-state index is -1.78. The Morgan fingerprint density at radius 1 is 0.869 bits per heavy atom. The number of rotatable bonds is 26. The molecule has 1 aromatic rings. The molecule has 1 aliphatic heterocycles. The molecule has 5 amide bonds. The van der Waals surface area contributed by atoms with Gasteiger partial charge in [-0.2, -0.15) is 0 Å². The van der Waals surface area contributed by atoms with Gasteiger partial charge in [-0.25, -0.2) is 0 Å². The topological polar surface area (TPSA) is 159 Å². The minimum absolute atomic E-state index is 0.00870. The van der Waals surface area contributed by atoms with Crippen LogP contribution in [0, 0.1) is 23.7 Å². The van der Waals surface area contributed by atoms with Crippen LogP contribution in [0.4, 0.5) is 0 Å². The summed E-state index contributed by atoms with van der Waals surface area (Å²) < 4.78 is 17.7. The smallest absolute Gasteiger partial charge is 0.245 e. The Morgan fingerprint density at radius 3 is 2.03 bits per heavy atom. The molecule has 0 saturated carbocycles. The van der Waals surface area contributed by atoms with Gasteiger partial charge in [0.25, 0.3) is 0 Å². The highest BCUT2D eigenvalue weighted by atomic mass is 28.4. The van der Waals surface area contributed by atoms with E-state index >= 15 is 0 Å². The summed E-state index contributed by atoms with van der Waals surface area (Å²) in [5, 5.41) is 9.10. The van der Waals surface area contributed by atoms with Crippen LogP contribution in [0.5, 0.6) is 0 Å². The van der Waals surface area contributed by atoms with Crippen LogP contribution in [0.15, 0.2) is 30.3 Å². The van der Waals surface area contributed by atoms with Crippen molar-refractivity contribution >= 4 is 37.9 Å². The second-order valence-electron chi connectivity index (χ2n) is 18.6. The first kappa shape index (κ1) is 53.8. The Labute approximate surface area is 369 Å². The predicted molar refractivity (Wildman–Crippen MR) is 244 cm³/mol.